The average molecular weight is 311 g/mol. The predicted molar refractivity (Wildman–Crippen MR) is 65.5 cm³/mol. The van der Waals surface area contributed by atoms with Crippen LogP contribution in [0.15, 0.2) is 12.3 Å². The Kier molecular flexibility index (Phi) is 4.80. The summed E-state index contributed by atoms with van der Waals surface area (Å²) in [5.41, 5.74) is 1.89. The largest absolute Gasteiger partial charge is 0.390 e. The molecule has 0 saturated heterocycles. The molecule has 0 aliphatic carbocycles. The molecular formula is C11H14BrF3N2. The summed E-state index contributed by atoms with van der Waals surface area (Å²) >= 11 is 3.31. The van der Waals surface area contributed by atoms with Crippen molar-refractivity contribution in [2.75, 3.05) is 18.5 Å². The van der Waals surface area contributed by atoms with Gasteiger partial charge in [0.1, 0.15) is 5.82 Å². The smallest absolute Gasteiger partial charge is 0.359 e. The van der Waals surface area contributed by atoms with Gasteiger partial charge < -0.3 is 4.90 Å². The zero-order valence-electron chi connectivity index (χ0n) is 9.68. The average Bonchev–Trinajstić information content (AvgIpc) is 2.24. The Labute approximate surface area is 107 Å². The van der Waals surface area contributed by atoms with E-state index in [0.717, 1.165) is 11.1 Å². The molecule has 0 spiro atoms. The van der Waals surface area contributed by atoms with E-state index in [-0.39, 0.29) is 6.54 Å². The van der Waals surface area contributed by atoms with Crippen LogP contribution in [0.4, 0.5) is 19.0 Å². The molecule has 0 amide bonds. The van der Waals surface area contributed by atoms with E-state index in [4.69, 9.17) is 0 Å². The Balaban J connectivity index is 2.72. The fourth-order valence-electron chi connectivity index (χ4n) is 1.50. The molecular weight excluding hydrogens is 297 g/mol. The van der Waals surface area contributed by atoms with Gasteiger partial charge in [-0.25, -0.2) is 4.98 Å². The molecule has 0 bridgehead atoms. The maximum atomic E-state index is 12.1. The van der Waals surface area contributed by atoms with Crippen LogP contribution in [-0.2, 0) is 5.33 Å². The SMILES string of the molecule is Cc1cc(CBr)cnc1N(C)CCC(F)(F)F. The maximum Gasteiger partial charge on any atom is 0.390 e. The van der Waals surface area contributed by atoms with Gasteiger partial charge in [0.2, 0.25) is 0 Å². The van der Waals surface area contributed by atoms with E-state index in [1.165, 1.54) is 4.90 Å². The summed E-state index contributed by atoms with van der Waals surface area (Å²) in [7, 11) is 1.62. The molecule has 1 aromatic heterocycles. The Hall–Kier alpha value is -0.780. The lowest BCUT2D eigenvalue weighted by Gasteiger charge is -2.21. The Bertz CT molecular complexity index is 379. The highest BCUT2D eigenvalue weighted by Crippen LogP contribution is 2.23. The summed E-state index contributed by atoms with van der Waals surface area (Å²) in [6, 6.07) is 1.92. The van der Waals surface area contributed by atoms with Gasteiger partial charge in [-0.15, -0.1) is 0 Å². The van der Waals surface area contributed by atoms with E-state index in [9.17, 15) is 13.2 Å². The van der Waals surface area contributed by atoms with E-state index in [2.05, 4.69) is 20.9 Å². The summed E-state index contributed by atoms with van der Waals surface area (Å²) in [5, 5.41) is 0.688. The van der Waals surface area contributed by atoms with Crippen molar-refractivity contribution in [1.29, 1.82) is 0 Å². The summed E-state index contributed by atoms with van der Waals surface area (Å²) < 4.78 is 36.3. The van der Waals surface area contributed by atoms with E-state index in [1.54, 1.807) is 13.2 Å². The zero-order chi connectivity index (χ0) is 13.1. The molecule has 0 N–H and O–H groups in total. The Morgan fingerprint density at radius 3 is 2.53 bits per heavy atom. The van der Waals surface area contributed by atoms with Gasteiger partial charge in [-0.2, -0.15) is 13.2 Å². The number of anilines is 1. The Morgan fingerprint density at radius 2 is 2.06 bits per heavy atom. The fraction of sp³-hybridized carbons (Fsp3) is 0.545. The summed E-state index contributed by atoms with van der Waals surface area (Å²) in [5.74, 6) is 0.596. The number of hydrogen-bond donors (Lipinski definition) is 0. The minimum absolute atomic E-state index is 0.0784. The Morgan fingerprint density at radius 1 is 1.41 bits per heavy atom. The van der Waals surface area contributed by atoms with Crippen molar-refractivity contribution >= 4 is 21.7 Å². The molecule has 1 heterocycles. The number of aromatic nitrogens is 1. The molecule has 0 aliphatic rings. The van der Waals surface area contributed by atoms with Crippen molar-refractivity contribution in [3.05, 3.63) is 23.4 Å². The first-order valence-electron chi connectivity index (χ1n) is 5.13. The van der Waals surface area contributed by atoms with Crippen molar-refractivity contribution in [3.63, 3.8) is 0 Å². The number of nitrogens with zero attached hydrogens (tertiary/aromatic N) is 2. The van der Waals surface area contributed by atoms with Crippen molar-refractivity contribution < 1.29 is 13.2 Å². The highest BCUT2D eigenvalue weighted by Gasteiger charge is 2.27. The van der Waals surface area contributed by atoms with Gasteiger partial charge in [-0.1, -0.05) is 22.0 Å². The molecule has 0 aliphatic heterocycles. The lowest BCUT2D eigenvalue weighted by atomic mass is 10.2. The normalized spacial score (nSPS) is 11.6. The van der Waals surface area contributed by atoms with Crippen LogP contribution in [0.5, 0.6) is 0 Å². The van der Waals surface area contributed by atoms with Gasteiger partial charge in [0.25, 0.3) is 0 Å². The van der Waals surface area contributed by atoms with E-state index in [1.807, 2.05) is 13.0 Å². The van der Waals surface area contributed by atoms with Crippen LogP contribution in [0.25, 0.3) is 0 Å². The maximum absolute atomic E-state index is 12.1. The first-order chi connectivity index (χ1) is 7.83. The predicted octanol–water partition coefficient (Wildman–Crippen LogP) is 3.67. The third-order valence-corrected chi connectivity index (χ3v) is 3.00. The molecule has 0 saturated carbocycles. The highest BCUT2D eigenvalue weighted by molar-refractivity contribution is 9.08. The summed E-state index contributed by atoms with van der Waals surface area (Å²) in [4.78, 5) is 5.71. The van der Waals surface area contributed by atoms with E-state index < -0.39 is 12.6 Å². The number of aryl methyl sites for hydroxylation is 1. The summed E-state index contributed by atoms with van der Waals surface area (Å²) in [6.45, 7) is 1.77. The molecule has 0 unspecified atom stereocenters. The second-order valence-electron chi connectivity index (χ2n) is 3.90. The van der Waals surface area contributed by atoms with Crippen LogP contribution >= 0.6 is 15.9 Å². The van der Waals surface area contributed by atoms with Crippen molar-refractivity contribution in [3.8, 4) is 0 Å². The highest BCUT2D eigenvalue weighted by atomic mass is 79.9. The first-order valence-corrected chi connectivity index (χ1v) is 6.25. The molecule has 0 radical (unpaired) electrons. The van der Waals surface area contributed by atoms with Crippen LogP contribution in [-0.4, -0.2) is 24.8 Å². The number of rotatable bonds is 4. The van der Waals surface area contributed by atoms with Gasteiger partial charge in [0.15, 0.2) is 0 Å². The lowest BCUT2D eigenvalue weighted by Crippen LogP contribution is -2.25. The monoisotopic (exact) mass is 310 g/mol. The second-order valence-corrected chi connectivity index (χ2v) is 4.47. The van der Waals surface area contributed by atoms with Crippen molar-refractivity contribution in [2.24, 2.45) is 0 Å². The van der Waals surface area contributed by atoms with Crippen LogP contribution in [0.3, 0.4) is 0 Å². The molecule has 0 fully saturated rings. The second kappa shape index (κ2) is 5.71. The van der Waals surface area contributed by atoms with Gasteiger partial charge in [-0.05, 0) is 18.1 Å². The van der Waals surface area contributed by atoms with Crippen LogP contribution in [0, 0.1) is 6.92 Å². The third kappa shape index (κ3) is 4.53. The molecule has 0 atom stereocenters. The molecule has 2 nitrogen and oxygen atoms in total. The molecule has 96 valence electrons. The minimum atomic E-state index is -4.13. The number of alkyl halides is 4. The van der Waals surface area contributed by atoms with Crippen LogP contribution in [0.2, 0.25) is 0 Å². The van der Waals surface area contributed by atoms with Crippen LogP contribution < -0.4 is 4.90 Å². The van der Waals surface area contributed by atoms with Crippen LogP contribution in [0.1, 0.15) is 17.5 Å². The van der Waals surface area contributed by atoms with Gasteiger partial charge in [0, 0.05) is 25.1 Å². The minimum Gasteiger partial charge on any atom is -0.359 e. The van der Waals surface area contributed by atoms with Crippen molar-refractivity contribution in [1.82, 2.24) is 4.98 Å². The lowest BCUT2D eigenvalue weighted by molar-refractivity contribution is -0.132. The molecule has 1 aromatic rings. The molecule has 1 rings (SSSR count). The topological polar surface area (TPSA) is 16.1 Å². The van der Waals surface area contributed by atoms with Gasteiger partial charge in [-0.3, -0.25) is 0 Å². The standard InChI is InChI=1S/C11H14BrF3N2/c1-8-5-9(6-12)7-16-10(8)17(2)4-3-11(13,14)15/h5,7H,3-4,6H2,1-2H3. The van der Waals surface area contributed by atoms with E-state index in [0.29, 0.717) is 11.1 Å². The number of hydrogen-bond acceptors (Lipinski definition) is 2. The third-order valence-electron chi connectivity index (χ3n) is 2.35. The van der Waals surface area contributed by atoms with Crippen molar-refractivity contribution in [2.45, 2.75) is 24.9 Å². The molecule has 0 aromatic carbocycles. The number of pyridine rings is 1. The van der Waals surface area contributed by atoms with Gasteiger partial charge >= 0.3 is 6.18 Å². The van der Waals surface area contributed by atoms with E-state index >= 15 is 0 Å². The van der Waals surface area contributed by atoms with Gasteiger partial charge in [0.05, 0.1) is 6.42 Å². The summed E-state index contributed by atoms with van der Waals surface area (Å²) in [6.07, 6.45) is -3.29. The zero-order valence-corrected chi connectivity index (χ0v) is 11.3. The molecule has 17 heavy (non-hydrogen) atoms. The molecule has 6 heteroatoms. The number of halogens is 4. The fourth-order valence-corrected chi connectivity index (χ4v) is 1.81. The quantitative estimate of drug-likeness (QED) is 0.789. The first kappa shape index (κ1) is 14.3.